The quantitative estimate of drug-likeness (QED) is 0.783. The van der Waals surface area contributed by atoms with Crippen LogP contribution in [0.5, 0.6) is 0 Å². The predicted octanol–water partition coefficient (Wildman–Crippen LogP) is 3.01. The number of carbonyl (C=O) groups excluding carboxylic acids is 1. The summed E-state index contributed by atoms with van der Waals surface area (Å²) < 4.78 is 5.57. The maximum Gasteiger partial charge on any atom is 0.247 e. The summed E-state index contributed by atoms with van der Waals surface area (Å²) in [4.78, 5) is 16.0. The molecule has 3 rings (SSSR count). The van der Waals surface area contributed by atoms with E-state index < -0.39 is 0 Å². The van der Waals surface area contributed by atoms with Gasteiger partial charge >= 0.3 is 0 Å². The normalized spacial score (nSPS) is 10.5. The summed E-state index contributed by atoms with van der Waals surface area (Å²) in [7, 11) is 0. The number of nitrogens with one attached hydrogen (secondary N) is 1. The molecule has 1 aromatic carbocycles. The summed E-state index contributed by atoms with van der Waals surface area (Å²) in [6.45, 7) is 1.95. The van der Waals surface area contributed by atoms with Crippen LogP contribution in [0.15, 0.2) is 53.1 Å². The third kappa shape index (κ3) is 4.00. The Bertz CT molecular complexity index is 799. The van der Waals surface area contributed by atoms with Crippen LogP contribution >= 0.6 is 0 Å². The number of carbonyl (C=O) groups is 1. The molecule has 1 N–H and O–H groups in total. The van der Waals surface area contributed by atoms with Crippen LogP contribution in [-0.2, 0) is 11.2 Å². The molecule has 0 saturated carbocycles. The van der Waals surface area contributed by atoms with E-state index in [-0.39, 0.29) is 12.3 Å². The molecule has 1 amide bonds. The molecule has 0 fully saturated rings. The average Bonchev–Trinajstić information content (AvgIpc) is 3.03. The first-order chi connectivity index (χ1) is 11.2. The highest BCUT2D eigenvalue weighted by Crippen LogP contribution is 2.17. The first-order valence-corrected chi connectivity index (χ1v) is 7.31. The van der Waals surface area contributed by atoms with Crippen LogP contribution in [0.3, 0.4) is 0 Å². The number of aryl methyl sites for hydroxylation is 2. The Hall–Kier alpha value is -3.02. The lowest BCUT2D eigenvalue weighted by Gasteiger charge is -2.03. The molecule has 116 valence electrons. The van der Waals surface area contributed by atoms with Gasteiger partial charge in [-0.25, -0.2) is 4.98 Å². The molecule has 0 aliphatic carbocycles. The molecule has 0 radical (unpaired) electrons. The Morgan fingerprint density at radius 3 is 2.78 bits per heavy atom. The zero-order chi connectivity index (χ0) is 16.1. The minimum atomic E-state index is -0.137. The fraction of sp³-hybridized carbons (Fsp3) is 0.176. The fourth-order valence-electron chi connectivity index (χ4n) is 2.08. The number of benzene rings is 1. The van der Waals surface area contributed by atoms with Crippen molar-refractivity contribution in [1.82, 2.24) is 15.2 Å². The maximum atomic E-state index is 11.9. The van der Waals surface area contributed by atoms with Crippen molar-refractivity contribution in [2.75, 3.05) is 5.32 Å². The van der Waals surface area contributed by atoms with Crippen LogP contribution in [-0.4, -0.2) is 21.1 Å². The number of hydrogen-bond acceptors (Lipinski definition) is 5. The van der Waals surface area contributed by atoms with Gasteiger partial charge in [0.15, 0.2) is 0 Å². The van der Waals surface area contributed by atoms with Crippen molar-refractivity contribution < 1.29 is 9.21 Å². The van der Waals surface area contributed by atoms with Gasteiger partial charge in [-0.3, -0.25) is 4.79 Å². The highest BCUT2D eigenvalue weighted by Gasteiger charge is 2.10. The van der Waals surface area contributed by atoms with Crippen molar-refractivity contribution in [2.24, 2.45) is 0 Å². The molecule has 0 spiro atoms. The maximum absolute atomic E-state index is 11.9. The second-order valence-electron chi connectivity index (χ2n) is 5.13. The number of anilines is 1. The van der Waals surface area contributed by atoms with Crippen molar-refractivity contribution in [1.29, 1.82) is 0 Å². The van der Waals surface area contributed by atoms with E-state index in [1.165, 1.54) is 0 Å². The van der Waals surface area contributed by atoms with E-state index in [0.717, 1.165) is 11.1 Å². The van der Waals surface area contributed by atoms with Gasteiger partial charge in [-0.15, -0.1) is 10.2 Å². The molecule has 0 atom stereocenters. The van der Waals surface area contributed by atoms with Crippen molar-refractivity contribution in [3.8, 4) is 11.5 Å². The van der Waals surface area contributed by atoms with Crippen LogP contribution in [0.2, 0.25) is 0 Å². The smallest absolute Gasteiger partial charge is 0.247 e. The van der Waals surface area contributed by atoms with Crippen molar-refractivity contribution in [3.05, 3.63) is 60.1 Å². The largest absolute Gasteiger partial charge is 0.421 e. The molecular formula is C17H16N4O2. The van der Waals surface area contributed by atoms with Crippen LogP contribution in [0, 0.1) is 6.92 Å². The summed E-state index contributed by atoms with van der Waals surface area (Å²) >= 11 is 0. The molecule has 0 unspecified atom stereocenters. The van der Waals surface area contributed by atoms with E-state index in [1.54, 1.807) is 6.20 Å². The Morgan fingerprint density at radius 2 is 2.00 bits per heavy atom. The van der Waals surface area contributed by atoms with E-state index >= 15 is 0 Å². The molecule has 0 bridgehead atoms. The highest BCUT2D eigenvalue weighted by molar-refractivity contribution is 5.89. The topological polar surface area (TPSA) is 80.9 Å². The number of nitrogens with zero attached hydrogens (tertiary/aromatic N) is 3. The monoisotopic (exact) mass is 308 g/mol. The molecule has 0 saturated heterocycles. The van der Waals surface area contributed by atoms with E-state index in [1.807, 2.05) is 49.4 Å². The summed E-state index contributed by atoms with van der Waals surface area (Å²) in [5.74, 6) is 1.31. The summed E-state index contributed by atoms with van der Waals surface area (Å²) in [6.07, 6.45) is 2.30. The van der Waals surface area contributed by atoms with E-state index in [0.29, 0.717) is 24.0 Å². The number of amides is 1. The lowest BCUT2D eigenvalue weighted by atomic mass is 10.2. The Morgan fingerprint density at radius 1 is 1.17 bits per heavy atom. The van der Waals surface area contributed by atoms with Gasteiger partial charge in [0, 0.05) is 24.6 Å². The zero-order valence-electron chi connectivity index (χ0n) is 12.7. The molecule has 6 heteroatoms. The van der Waals surface area contributed by atoms with Crippen LogP contribution in [0.1, 0.15) is 17.9 Å². The highest BCUT2D eigenvalue weighted by atomic mass is 16.4. The molecule has 23 heavy (non-hydrogen) atoms. The summed E-state index contributed by atoms with van der Waals surface area (Å²) in [5, 5.41) is 10.7. The molecule has 3 aromatic rings. The summed E-state index contributed by atoms with van der Waals surface area (Å²) in [5.41, 5.74) is 1.90. The average molecular weight is 308 g/mol. The Labute approximate surface area is 133 Å². The van der Waals surface area contributed by atoms with Gasteiger partial charge < -0.3 is 9.73 Å². The lowest BCUT2D eigenvalue weighted by molar-refractivity contribution is -0.116. The van der Waals surface area contributed by atoms with Gasteiger partial charge in [-0.05, 0) is 36.8 Å². The van der Waals surface area contributed by atoms with Crippen molar-refractivity contribution >= 4 is 11.7 Å². The Kier molecular flexibility index (Phi) is 4.42. The van der Waals surface area contributed by atoms with E-state index in [2.05, 4.69) is 20.5 Å². The van der Waals surface area contributed by atoms with Crippen LogP contribution in [0.4, 0.5) is 5.82 Å². The van der Waals surface area contributed by atoms with Gasteiger partial charge in [0.1, 0.15) is 5.82 Å². The standard InChI is InChI=1S/C17H16N4O2/c1-12-9-10-18-14(11-12)19-15(22)7-8-16-20-21-17(23-16)13-5-3-2-4-6-13/h2-6,9-11H,7-8H2,1H3,(H,18,19,22). The van der Waals surface area contributed by atoms with Gasteiger partial charge in [-0.2, -0.15) is 0 Å². The SMILES string of the molecule is Cc1ccnc(NC(=O)CCc2nnc(-c3ccccc3)o2)c1. The van der Waals surface area contributed by atoms with E-state index in [4.69, 9.17) is 4.42 Å². The lowest BCUT2D eigenvalue weighted by Crippen LogP contribution is -2.13. The molecule has 6 nitrogen and oxygen atoms in total. The zero-order valence-corrected chi connectivity index (χ0v) is 12.7. The molecular weight excluding hydrogens is 292 g/mol. The minimum Gasteiger partial charge on any atom is -0.421 e. The number of hydrogen-bond donors (Lipinski definition) is 1. The minimum absolute atomic E-state index is 0.137. The van der Waals surface area contributed by atoms with Crippen LogP contribution < -0.4 is 5.32 Å². The number of rotatable bonds is 5. The second kappa shape index (κ2) is 6.83. The van der Waals surface area contributed by atoms with Crippen molar-refractivity contribution in [3.63, 3.8) is 0 Å². The predicted molar refractivity (Wildman–Crippen MR) is 85.7 cm³/mol. The van der Waals surface area contributed by atoms with Gasteiger partial charge in [0.2, 0.25) is 17.7 Å². The van der Waals surface area contributed by atoms with Gasteiger partial charge in [0.05, 0.1) is 0 Å². The van der Waals surface area contributed by atoms with Gasteiger partial charge in [-0.1, -0.05) is 18.2 Å². The van der Waals surface area contributed by atoms with E-state index in [9.17, 15) is 4.79 Å². The number of aromatic nitrogens is 3. The molecule has 2 heterocycles. The van der Waals surface area contributed by atoms with Gasteiger partial charge in [0.25, 0.3) is 0 Å². The van der Waals surface area contributed by atoms with Crippen molar-refractivity contribution in [2.45, 2.75) is 19.8 Å². The summed E-state index contributed by atoms with van der Waals surface area (Å²) in [6, 6.07) is 13.2. The third-order valence-corrected chi connectivity index (χ3v) is 3.24. The molecule has 2 aromatic heterocycles. The second-order valence-corrected chi connectivity index (χ2v) is 5.13. The first-order valence-electron chi connectivity index (χ1n) is 7.31. The first kappa shape index (κ1) is 14.9. The molecule has 0 aliphatic heterocycles. The third-order valence-electron chi connectivity index (χ3n) is 3.24. The Balaban J connectivity index is 1.56. The molecule has 0 aliphatic rings. The number of pyridine rings is 1. The van der Waals surface area contributed by atoms with Crippen LogP contribution in [0.25, 0.3) is 11.5 Å². The fourth-order valence-corrected chi connectivity index (χ4v) is 2.08.